The van der Waals surface area contributed by atoms with Crippen molar-refractivity contribution in [1.29, 1.82) is 0 Å². The van der Waals surface area contributed by atoms with Crippen LogP contribution in [0.1, 0.15) is 25.7 Å². The van der Waals surface area contributed by atoms with E-state index in [2.05, 4.69) is 4.90 Å². The Morgan fingerprint density at radius 2 is 2.00 bits per heavy atom. The summed E-state index contributed by atoms with van der Waals surface area (Å²) in [5.74, 6) is 0.642. The van der Waals surface area contributed by atoms with Gasteiger partial charge in [-0.3, -0.25) is 14.5 Å². The van der Waals surface area contributed by atoms with Crippen molar-refractivity contribution in [3.05, 3.63) is 0 Å². The predicted octanol–water partition coefficient (Wildman–Crippen LogP) is 0.603. The van der Waals surface area contributed by atoms with Crippen molar-refractivity contribution in [2.45, 2.75) is 31.7 Å². The molecule has 1 saturated heterocycles. The minimum atomic E-state index is -0.133. The van der Waals surface area contributed by atoms with Crippen LogP contribution in [-0.2, 0) is 14.3 Å². The van der Waals surface area contributed by atoms with Crippen LogP contribution >= 0.6 is 0 Å². The molecule has 2 fully saturated rings. The van der Waals surface area contributed by atoms with Crippen LogP contribution in [0.2, 0.25) is 0 Å². The molecule has 84 valence electrons. The Labute approximate surface area is 89.6 Å². The van der Waals surface area contributed by atoms with Gasteiger partial charge in [-0.15, -0.1) is 0 Å². The standard InChI is InChI=1S/C11H17NO3/c1-15-11(14)10(8-2-3-8)12-6-4-9(13)5-7-12/h8,10H,2-7H2,1H3. The van der Waals surface area contributed by atoms with E-state index in [-0.39, 0.29) is 12.0 Å². The Kier molecular flexibility index (Phi) is 3.05. The molecule has 1 aliphatic heterocycles. The van der Waals surface area contributed by atoms with Crippen molar-refractivity contribution >= 4 is 11.8 Å². The van der Waals surface area contributed by atoms with Gasteiger partial charge >= 0.3 is 5.97 Å². The number of rotatable bonds is 3. The van der Waals surface area contributed by atoms with Gasteiger partial charge in [-0.05, 0) is 18.8 Å². The molecular weight excluding hydrogens is 194 g/mol. The van der Waals surface area contributed by atoms with E-state index in [0.29, 0.717) is 24.5 Å². The average Bonchev–Trinajstić information content (AvgIpc) is 3.05. The van der Waals surface area contributed by atoms with Gasteiger partial charge in [0.25, 0.3) is 0 Å². The van der Waals surface area contributed by atoms with E-state index in [9.17, 15) is 9.59 Å². The second-order valence-corrected chi connectivity index (χ2v) is 4.38. The number of hydrogen-bond acceptors (Lipinski definition) is 4. The van der Waals surface area contributed by atoms with Crippen LogP contribution in [0.15, 0.2) is 0 Å². The SMILES string of the molecule is COC(=O)C(C1CC1)N1CCC(=O)CC1. The average molecular weight is 211 g/mol. The zero-order chi connectivity index (χ0) is 10.8. The molecule has 0 amide bonds. The van der Waals surface area contributed by atoms with Gasteiger partial charge in [0, 0.05) is 25.9 Å². The molecule has 0 spiro atoms. The lowest BCUT2D eigenvalue weighted by Crippen LogP contribution is -2.47. The maximum absolute atomic E-state index is 11.6. The van der Waals surface area contributed by atoms with E-state index >= 15 is 0 Å². The quantitative estimate of drug-likeness (QED) is 0.641. The second kappa shape index (κ2) is 4.31. The number of Topliss-reactive ketones (excluding diaryl/α,β-unsaturated/α-hetero) is 1. The summed E-state index contributed by atoms with van der Waals surface area (Å²) in [4.78, 5) is 24.9. The predicted molar refractivity (Wildman–Crippen MR) is 54.3 cm³/mol. The van der Waals surface area contributed by atoms with E-state index in [4.69, 9.17) is 4.74 Å². The van der Waals surface area contributed by atoms with Crippen molar-refractivity contribution in [3.63, 3.8) is 0 Å². The van der Waals surface area contributed by atoms with Gasteiger partial charge in [0.05, 0.1) is 7.11 Å². The lowest BCUT2D eigenvalue weighted by Gasteiger charge is -2.32. The summed E-state index contributed by atoms with van der Waals surface area (Å²) in [7, 11) is 1.44. The van der Waals surface area contributed by atoms with Crippen LogP contribution in [0.3, 0.4) is 0 Å². The molecule has 2 rings (SSSR count). The molecule has 0 aromatic rings. The number of ether oxygens (including phenoxy) is 1. The number of nitrogens with zero attached hydrogens (tertiary/aromatic N) is 1. The molecule has 2 aliphatic rings. The van der Waals surface area contributed by atoms with E-state index in [0.717, 1.165) is 25.9 Å². The van der Waals surface area contributed by atoms with E-state index in [1.54, 1.807) is 0 Å². The normalized spacial score (nSPS) is 25.0. The number of likely N-dealkylation sites (tertiary alicyclic amines) is 1. The highest BCUT2D eigenvalue weighted by Crippen LogP contribution is 2.36. The van der Waals surface area contributed by atoms with Crippen molar-refractivity contribution < 1.29 is 14.3 Å². The number of methoxy groups -OCH3 is 1. The van der Waals surface area contributed by atoms with Crippen LogP contribution in [-0.4, -0.2) is 42.9 Å². The summed E-state index contributed by atoms with van der Waals surface area (Å²) < 4.78 is 4.83. The number of carbonyl (C=O) groups excluding carboxylic acids is 2. The first kappa shape index (κ1) is 10.6. The van der Waals surface area contributed by atoms with Gasteiger partial charge in [-0.1, -0.05) is 0 Å². The molecule has 0 radical (unpaired) electrons. The molecule has 4 nitrogen and oxygen atoms in total. The molecule has 1 aliphatic carbocycles. The van der Waals surface area contributed by atoms with Gasteiger partial charge < -0.3 is 4.74 Å². The van der Waals surface area contributed by atoms with Gasteiger partial charge in [0.1, 0.15) is 11.8 Å². The van der Waals surface area contributed by atoms with Crippen LogP contribution in [0.4, 0.5) is 0 Å². The Morgan fingerprint density at radius 3 is 2.47 bits per heavy atom. The highest BCUT2D eigenvalue weighted by atomic mass is 16.5. The number of esters is 1. The summed E-state index contributed by atoms with van der Waals surface area (Å²) in [6.45, 7) is 1.43. The minimum absolute atomic E-state index is 0.0944. The first-order chi connectivity index (χ1) is 7.22. The van der Waals surface area contributed by atoms with Crippen LogP contribution in [0, 0.1) is 5.92 Å². The van der Waals surface area contributed by atoms with Crippen molar-refractivity contribution in [2.24, 2.45) is 5.92 Å². The molecule has 15 heavy (non-hydrogen) atoms. The van der Waals surface area contributed by atoms with Gasteiger partial charge in [-0.2, -0.15) is 0 Å². The molecule has 4 heteroatoms. The molecule has 1 unspecified atom stereocenters. The monoisotopic (exact) mass is 211 g/mol. The second-order valence-electron chi connectivity index (χ2n) is 4.38. The summed E-state index contributed by atoms with van der Waals surface area (Å²) >= 11 is 0. The fourth-order valence-electron chi connectivity index (χ4n) is 2.22. The van der Waals surface area contributed by atoms with Crippen molar-refractivity contribution in [2.75, 3.05) is 20.2 Å². The maximum atomic E-state index is 11.6. The molecule has 1 heterocycles. The first-order valence-electron chi connectivity index (χ1n) is 5.56. The largest absolute Gasteiger partial charge is 0.468 e. The van der Waals surface area contributed by atoms with Gasteiger partial charge in [-0.25, -0.2) is 0 Å². The fourth-order valence-corrected chi connectivity index (χ4v) is 2.22. The van der Waals surface area contributed by atoms with Crippen LogP contribution in [0.5, 0.6) is 0 Å². The van der Waals surface area contributed by atoms with E-state index in [1.165, 1.54) is 7.11 Å². The zero-order valence-corrected chi connectivity index (χ0v) is 9.07. The number of piperidine rings is 1. The Bertz CT molecular complexity index is 263. The van der Waals surface area contributed by atoms with Crippen LogP contribution in [0.25, 0.3) is 0 Å². The highest BCUT2D eigenvalue weighted by Gasteiger charge is 2.41. The van der Waals surface area contributed by atoms with Crippen molar-refractivity contribution in [3.8, 4) is 0 Å². The summed E-state index contributed by atoms with van der Waals surface area (Å²) in [5.41, 5.74) is 0. The number of ketones is 1. The minimum Gasteiger partial charge on any atom is -0.468 e. The summed E-state index contributed by atoms with van der Waals surface area (Å²) in [6.07, 6.45) is 3.40. The molecule has 1 saturated carbocycles. The molecule has 1 atom stereocenters. The van der Waals surface area contributed by atoms with Gasteiger partial charge in [0.2, 0.25) is 0 Å². The summed E-state index contributed by atoms with van der Waals surface area (Å²) in [6, 6.07) is -0.0944. The highest BCUT2D eigenvalue weighted by molar-refractivity contribution is 5.80. The lowest BCUT2D eigenvalue weighted by atomic mass is 10.0. The number of hydrogen-bond donors (Lipinski definition) is 0. The molecule has 0 aromatic heterocycles. The fraction of sp³-hybridized carbons (Fsp3) is 0.818. The molecule has 0 N–H and O–H groups in total. The smallest absolute Gasteiger partial charge is 0.323 e. The third-order valence-electron chi connectivity index (χ3n) is 3.26. The number of carbonyl (C=O) groups is 2. The zero-order valence-electron chi connectivity index (χ0n) is 9.07. The van der Waals surface area contributed by atoms with Crippen molar-refractivity contribution in [1.82, 2.24) is 4.90 Å². The Balaban J connectivity index is 1.98. The Hall–Kier alpha value is -0.900. The molecule has 0 aromatic carbocycles. The third kappa shape index (κ3) is 2.37. The first-order valence-corrected chi connectivity index (χ1v) is 5.56. The summed E-state index contributed by atoms with van der Waals surface area (Å²) in [5, 5.41) is 0. The maximum Gasteiger partial charge on any atom is 0.323 e. The van der Waals surface area contributed by atoms with E-state index < -0.39 is 0 Å². The molecule has 0 bridgehead atoms. The Morgan fingerprint density at radius 1 is 1.40 bits per heavy atom. The van der Waals surface area contributed by atoms with Crippen LogP contribution < -0.4 is 0 Å². The topological polar surface area (TPSA) is 46.6 Å². The lowest BCUT2D eigenvalue weighted by molar-refractivity contribution is -0.149. The molecular formula is C11H17NO3. The van der Waals surface area contributed by atoms with E-state index in [1.807, 2.05) is 0 Å². The third-order valence-corrected chi connectivity index (χ3v) is 3.26. The van der Waals surface area contributed by atoms with Gasteiger partial charge in [0.15, 0.2) is 0 Å².